The number of hydrogen-bond donors (Lipinski definition) is 1. The second kappa shape index (κ2) is 4.79. The lowest BCUT2D eigenvalue weighted by Gasteiger charge is -2.15. The van der Waals surface area contributed by atoms with Gasteiger partial charge in [0.15, 0.2) is 5.82 Å². The molecule has 1 aliphatic heterocycles. The van der Waals surface area contributed by atoms with E-state index in [9.17, 15) is 0 Å². The third-order valence-electron chi connectivity index (χ3n) is 3.32. The van der Waals surface area contributed by atoms with Crippen LogP contribution in [0.25, 0.3) is 11.4 Å². The number of hydrogen-bond acceptors (Lipinski definition) is 5. The summed E-state index contributed by atoms with van der Waals surface area (Å²) >= 11 is 6.03. The van der Waals surface area contributed by atoms with Crippen molar-refractivity contribution < 1.29 is 4.74 Å². The Bertz CT molecular complexity index is 579. The molecule has 2 atom stereocenters. The van der Waals surface area contributed by atoms with Crippen molar-refractivity contribution in [3.8, 4) is 11.4 Å². The summed E-state index contributed by atoms with van der Waals surface area (Å²) in [5, 5.41) is 12.5. The monoisotopic (exact) mass is 279 g/mol. The molecule has 0 bridgehead atoms. The Labute approximate surface area is 115 Å². The molecule has 0 aliphatic carbocycles. The van der Waals surface area contributed by atoms with Gasteiger partial charge in [-0.05, 0) is 42.0 Å². The first kappa shape index (κ1) is 12.4. The molecule has 2 unspecified atom stereocenters. The molecule has 0 spiro atoms. The summed E-state index contributed by atoms with van der Waals surface area (Å²) in [5.74, 6) is 0.663. The number of rotatable bonds is 2. The van der Waals surface area contributed by atoms with Crippen molar-refractivity contribution in [1.29, 1.82) is 0 Å². The zero-order chi connectivity index (χ0) is 13.4. The van der Waals surface area contributed by atoms with Crippen LogP contribution in [0.2, 0.25) is 5.02 Å². The maximum atomic E-state index is 6.03. The Morgan fingerprint density at radius 1 is 1.42 bits per heavy atom. The first-order valence-corrected chi connectivity index (χ1v) is 6.49. The molecule has 2 heterocycles. The molecular formula is C12H14ClN5O. The highest BCUT2D eigenvalue weighted by atomic mass is 35.5. The van der Waals surface area contributed by atoms with Crippen LogP contribution in [0.1, 0.15) is 19.4 Å². The van der Waals surface area contributed by atoms with Crippen LogP contribution in [0, 0.1) is 0 Å². The van der Waals surface area contributed by atoms with Gasteiger partial charge in [0.25, 0.3) is 0 Å². The van der Waals surface area contributed by atoms with Crippen LogP contribution < -0.4 is 5.73 Å². The molecule has 0 saturated carbocycles. The molecule has 2 aromatic rings. The lowest BCUT2D eigenvalue weighted by Crippen LogP contribution is -2.19. The summed E-state index contributed by atoms with van der Waals surface area (Å²) in [5.41, 5.74) is 7.21. The summed E-state index contributed by atoms with van der Waals surface area (Å²) in [6, 6.07) is 5.46. The van der Waals surface area contributed by atoms with E-state index in [4.69, 9.17) is 22.1 Å². The Balaban J connectivity index is 2.04. The Morgan fingerprint density at radius 2 is 2.26 bits per heavy atom. The molecule has 0 radical (unpaired) electrons. The van der Waals surface area contributed by atoms with Gasteiger partial charge in [-0.2, -0.15) is 0 Å². The Morgan fingerprint density at radius 3 is 2.95 bits per heavy atom. The molecule has 3 rings (SSSR count). The second-order valence-corrected chi connectivity index (χ2v) is 5.09. The second-order valence-electron chi connectivity index (χ2n) is 4.65. The number of ether oxygens (including phenoxy) is 1. The van der Waals surface area contributed by atoms with Gasteiger partial charge in [0, 0.05) is 22.9 Å². The van der Waals surface area contributed by atoms with E-state index in [1.165, 1.54) is 0 Å². The number of nitrogens with zero attached hydrogens (tertiary/aromatic N) is 4. The smallest absolute Gasteiger partial charge is 0.182 e. The van der Waals surface area contributed by atoms with Crippen LogP contribution in [0.4, 0.5) is 5.69 Å². The van der Waals surface area contributed by atoms with Crippen molar-refractivity contribution >= 4 is 17.3 Å². The van der Waals surface area contributed by atoms with Gasteiger partial charge in [-0.1, -0.05) is 11.6 Å². The third kappa shape index (κ3) is 2.29. The first-order chi connectivity index (χ1) is 9.15. The fourth-order valence-corrected chi connectivity index (χ4v) is 2.63. The van der Waals surface area contributed by atoms with Crippen molar-refractivity contribution in [3.05, 3.63) is 23.2 Å². The fourth-order valence-electron chi connectivity index (χ4n) is 2.39. The number of halogens is 1. The van der Waals surface area contributed by atoms with E-state index in [-0.39, 0.29) is 12.1 Å². The SMILES string of the molecule is CC1OCCC1n1nnnc1-c1cc(N)cc(Cl)c1. The number of nitrogen functional groups attached to an aromatic ring is 1. The van der Waals surface area contributed by atoms with Crippen molar-refractivity contribution in [3.63, 3.8) is 0 Å². The lowest BCUT2D eigenvalue weighted by atomic mass is 10.1. The van der Waals surface area contributed by atoms with Crippen molar-refractivity contribution in [2.24, 2.45) is 0 Å². The van der Waals surface area contributed by atoms with E-state index < -0.39 is 0 Å². The Hall–Kier alpha value is -1.66. The average Bonchev–Trinajstić information content (AvgIpc) is 2.95. The summed E-state index contributed by atoms with van der Waals surface area (Å²) in [6.07, 6.45) is 0.994. The van der Waals surface area contributed by atoms with Crippen LogP contribution in [-0.4, -0.2) is 32.9 Å². The molecule has 0 amide bonds. The van der Waals surface area contributed by atoms with Gasteiger partial charge < -0.3 is 10.5 Å². The number of anilines is 1. The molecule has 1 aromatic heterocycles. The van der Waals surface area contributed by atoms with E-state index in [2.05, 4.69) is 15.5 Å². The standard InChI is InChI=1S/C12H14ClN5O/c1-7-11(2-3-19-7)18-12(15-16-17-18)8-4-9(13)6-10(14)5-8/h4-7,11H,2-3,14H2,1H3. The predicted molar refractivity (Wildman–Crippen MR) is 71.7 cm³/mol. The summed E-state index contributed by atoms with van der Waals surface area (Å²) in [4.78, 5) is 0. The van der Waals surface area contributed by atoms with Gasteiger partial charge in [-0.3, -0.25) is 0 Å². The zero-order valence-corrected chi connectivity index (χ0v) is 11.2. The molecule has 1 aromatic carbocycles. The van der Waals surface area contributed by atoms with E-state index in [0.717, 1.165) is 18.6 Å². The minimum atomic E-state index is 0.0961. The van der Waals surface area contributed by atoms with Gasteiger partial charge in [-0.25, -0.2) is 4.68 Å². The number of aromatic nitrogens is 4. The quantitative estimate of drug-likeness (QED) is 0.850. The van der Waals surface area contributed by atoms with Gasteiger partial charge in [-0.15, -0.1) is 5.10 Å². The largest absolute Gasteiger partial charge is 0.399 e. The van der Waals surface area contributed by atoms with E-state index >= 15 is 0 Å². The van der Waals surface area contributed by atoms with Gasteiger partial charge in [0.05, 0.1) is 12.1 Å². The molecule has 1 aliphatic rings. The van der Waals surface area contributed by atoms with Crippen LogP contribution in [-0.2, 0) is 4.74 Å². The normalized spacial score (nSPS) is 22.8. The van der Waals surface area contributed by atoms with Crippen LogP contribution in [0.5, 0.6) is 0 Å². The Kier molecular flexibility index (Phi) is 3.12. The highest BCUT2D eigenvalue weighted by molar-refractivity contribution is 6.31. The fraction of sp³-hybridized carbons (Fsp3) is 0.417. The molecule has 19 heavy (non-hydrogen) atoms. The molecule has 6 nitrogen and oxygen atoms in total. The summed E-state index contributed by atoms with van der Waals surface area (Å²) in [7, 11) is 0. The number of benzene rings is 1. The van der Waals surface area contributed by atoms with Gasteiger partial charge in [0.1, 0.15) is 0 Å². The minimum Gasteiger partial charge on any atom is -0.399 e. The van der Waals surface area contributed by atoms with Crippen LogP contribution in [0.15, 0.2) is 18.2 Å². The number of tetrazole rings is 1. The first-order valence-electron chi connectivity index (χ1n) is 6.11. The third-order valence-corrected chi connectivity index (χ3v) is 3.54. The minimum absolute atomic E-state index is 0.0961. The topological polar surface area (TPSA) is 78.8 Å². The maximum Gasteiger partial charge on any atom is 0.182 e. The highest BCUT2D eigenvalue weighted by Gasteiger charge is 2.29. The van der Waals surface area contributed by atoms with Gasteiger partial charge in [0.2, 0.25) is 0 Å². The zero-order valence-electron chi connectivity index (χ0n) is 10.5. The van der Waals surface area contributed by atoms with Gasteiger partial charge >= 0.3 is 0 Å². The highest BCUT2D eigenvalue weighted by Crippen LogP contribution is 2.30. The van der Waals surface area contributed by atoms with Crippen molar-refractivity contribution in [2.45, 2.75) is 25.5 Å². The number of nitrogens with two attached hydrogens (primary N) is 1. The molecular weight excluding hydrogens is 266 g/mol. The molecule has 7 heteroatoms. The molecule has 1 saturated heterocycles. The van der Waals surface area contributed by atoms with Crippen LogP contribution in [0.3, 0.4) is 0 Å². The molecule has 100 valence electrons. The summed E-state index contributed by atoms with van der Waals surface area (Å²) in [6.45, 7) is 2.75. The van der Waals surface area contributed by atoms with Crippen LogP contribution >= 0.6 is 11.6 Å². The average molecular weight is 280 g/mol. The van der Waals surface area contributed by atoms with Crippen molar-refractivity contribution in [1.82, 2.24) is 20.2 Å². The van der Waals surface area contributed by atoms with E-state index in [1.54, 1.807) is 16.8 Å². The van der Waals surface area contributed by atoms with E-state index in [0.29, 0.717) is 16.5 Å². The predicted octanol–water partition coefficient (Wildman–Crippen LogP) is 1.93. The molecule has 2 N–H and O–H groups in total. The van der Waals surface area contributed by atoms with Crippen molar-refractivity contribution in [2.75, 3.05) is 12.3 Å². The molecule has 1 fully saturated rings. The summed E-state index contributed by atoms with van der Waals surface area (Å²) < 4.78 is 7.35. The van der Waals surface area contributed by atoms with E-state index in [1.807, 2.05) is 13.0 Å². The maximum absolute atomic E-state index is 6.03. The lowest BCUT2D eigenvalue weighted by molar-refractivity contribution is 0.105.